The van der Waals surface area contributed by atoms with Gasteiger partial charge in [0.2, 0.25) is 0 Å². The van der Waals surface area contributed by atoms with Gasteiger partial charge in [0.15, 0.2) is 11.6 Å². The molecular formula is C14H16N2O. The van der Waals surface area contributed by atoms with Crippen molar-refractivity contribution in [2.75, 3.05) is 5.73 Å². The van der Waals surface area contributed by atoms with Gasteiger partial charge in [-0.1, -0.05) is 24.2 Å². The molecule has 0 spiro atoms. The van der Waals surface area contributed by atoms with E-state index in [-0.39, 0.29) is 0 Å². The number of nitrogen functional groups attached to an aromatic ring is 1. The van der Waals surface area contributed by atoms with Crippen LogP contribution < -0.4 is 5.73 Å². The molecule has 3 heteroatoms. The van der Waals surface area contributed by atoms with Gasteiger partial charge in [-0.2, -0.15) is 0 Å². The molecule has 1 heterocycles. The van der Waals surface area contributed by atoms with Crippen LogP contribution in [0.1, 0.15) is 36.8 Å². The van der Waals surface area contributed by atoms with Gasteiger partial charge in [0.25, 0.3) is 0 Å². The smallest absolute Gasteiger partial charge is 0.169 e. The second-order valence-electron chi connectivity index (χ2n) is 4.82. The summed E-state index contributed by atoms with van der Waals surface area (Å²) in [6, 6.07) is 8.30. The Morgan fingerprint density at radius 2 is 2.24 bits per heavy atom. The Balaban J connectivity index is 2.05. The van der Waals surface area contributed by atoms with Gasteiger partial charge in [0.05, 0.1) is 0 Å². The topological polar surface area (TPSA) is 52.0 Å². The molecule has 0 aliphatic heterocycles. The molecule has 0 bridgehead atoms. The van der Waals surface area contributed by atoms with Gasteiger partial charge in [0, 0.05) is 11.6 Å². The van der Waals surface area contributed by atoms with Gasteiger partial charge < -0.3 is 10.3 Å². The highest BCUT2D eigenvalue weighted by Crippen LogP contribution is 2.34. The van der Waals surface area contributed by atoms with E-state index in [1.165, 1.54) is 30.4 Å². The molecule has 3 nitrogen and oxygen atoms in total. The second kappa shape index (κ2) is 3.91. The molecule has 1 aliphatic rings. The fourth-order valence-corrected chi connectivity index (χ4v) is 2.61. The van der Waals surface area contributed by atoms with Crippen LogP contribution in [0.25, 0.3) is 11.3 Å². The fraction of sp³-hybridized carbons (Fsp3) is 0.357. The highest BCUT2D eigenvalue weighted by atomic mass is 16.5. The molecule has 0 radical (unpaired) electrons. The van der Waals surface area contributed by atoms with Crippen molar-refractivity contribution in [1.29, 1.82) is 0 Å². The third-order valence-electron chi connectivity index (χ3n) is 3.57. The van der Waals surface area contributed by atoms with Gasteiger partial charge >= 0.3 is 0 Å². The molecule has 1 aliphatic carbocycles. The van der Waals surface area contributed by atoms with Crippen molar-refractivity contribution in [3.8, 4) is 11.3 Å². The van der Waals surface area contributed by atoms with Crippen LogP contribution in [0.15, 0.2) is 28.8 Å². The summed E-state index contributed by atoms with van der Waals surface area (Å²) in [5.41, 5.74) is 9.57. The van der Waals surface area contributed by atoms with Crippen LogP contribution in [0.3, 0.4) is 0 Å². The van der Waals surface area contributed by atoms with Crippen LogP contribution >= 0.6 is 0 Å². The number of hydrogen-bond acceptors (Lipinski definition) is 3. The number of benzene rings is 1. The first-order valence-electron chi connectivity index (χ1n) is 6.09. The average molecular weight is 228 g/mol. The standard InChI is InChI=1S/C14H16N2O/c1-9-3-2-4-10-5-6-11(7-12(9)10)13-8-14(15)16-17-13/h5-9H,2-4H2,1H3,(H2,15,16). The van der Waals surface area contributed by atoms with Crippen molar-refractivity contribution in [3.05, 3.63) is 35.4 Å². The van der Waals surface area contributed by atoms with Gasteiger partial charge in [-0.25, -0.2) is 0 Å². The summed E-state index contributed by atoms with van der Waals surface area (Å²) in [4.78, 5) is 0. The lowest BCUT2D eigenvalue weighted by atomic mass is 9.83. The SMILES string of the molecule is CC1CCCc2ccc(-c3cc(N)no3)cc21. The maximum absolute atomic E-state index is 5.58. The van der Waals surface area contributed by atoms with Crippen molar-refractivity contribution in [3.63, 3.8) is 0 Å². The Kier molecular flexibility index (Phi) is 2.39. The van der Waals surface area contributed by atoms with Crippen LogP contribution in [0.2, 0.25) is 0 Å². The van der Waals surface area contributed by atoms with Gasteiger partial charge in [-0.3, -0.25) is 0 Å². The minimum absolute atomic E-state index is 0.436. The highest BCUT2D eigenvalue weighted by Gasteiger charge is 2.17. The Morgan fingerprint density at radius 1 is 1.35 bits per heavy atom. The van der Waals surface area contributed by atoms with Crippen LogP contribution in [0.4, 0.5) is 5.82 Å². The molecule has 1 atom stereocenters. The molecular weight excluding hydrogens is 212 g/mol. The molecule has 1 aromatic carbocycles. The zero-order valence-electron chi connectivity index (χ0n) is 9.94. The lowest BCUT2D eigenvalue weighted by molar-refractivity contribution is 0.435. The van der Waals surface area contributed by atoms with E-state index in [9.17, 15) is 0 Å². The number of hydrogen-bond donors (Lipinski definition) is 1. The van der Waals surface area contributed by atoms with Gasteiger partial charge in [0.1, 0.15) is 0 Å². The molecule has 1 aromatic heterocycles. The molecule has 17 heavy (non-hydrogen) atoms. The molecule has 0 saturated heterocycles. The van der Waals surface area contributed by atoms with E-state index in [1.54, 1.807) is 6.07 Å². The molecule has 0 fully saturated rings. The number of anilines is 1. The fourth-order valence-electron chi connectivity index (χ4n) is 2.61. The van der Waals surface area contributed by atoms with Crippen LogP contribution in [-0.2, 0) is 6.42 Å². The van der Waals surface area contributed by atoms with E-state index in [4.69, 9.17) is 10.3 Å². The number of fused-ring (bicyclic) bond motifs is 1. The summed E-state index contributed by atoms with van der Waals surface area (Å²) in [7, 11) is 0. The van der Waals surface area contributed by atoms with Gasteiger partial charge in [-0.15, -0.1) is 0 Å². The van der Waals surface area contributed by atoms with E-state index in [2.05, 4.69) is 30.3 Å². The van der Waals surface area contributed by atoms with Crippen LogP contribution in [0, 0.1) is 0 Å². The predicted molar refractivity (Wildman–Crippen MR) is 67.7 cm³/mol. The van der Waals surface area contributed by atoms with Crippen molar-refractivity contribution in [2.45, 2.75) is 32.1 Å². The largest absolute Gasteiger partial charge is 0.381 e. The van der Waals surface area contributed by atoms with E-state index in [0.29, 0.717) is 11.7 Å². The summed E-state index contributed by atoms with van der Waals surface area (Å²) in [6.07, 6.45) is 3.76. The molecule has 88 valence electrons. The van der Waals surface area contributed by atoms with Crippen molar-refractivity contribution < 1.29 is 4.52 Å². The Hall–Kier alpha value is -1.77. The third kappa shape index (κ3) is 1.82. The van der Waals surface area contributed by atoms with E-state index < -0.39 is 0 Å². The molecule has 2 aromatic rings. The lowest BCUT2D eigenvalue weighted by Crippen LogP contribution is -2.06. The molecule has 1 unspecified atom stereocenters. The first-order valence-corrected chi connectivity index (χ1v) is 6.09. The summed E-state index contributed by atoms with van der Waals surface area (Å²) in [5.74, 6) is 1.83. The van der Waals surface area contributed by atoms with E-state index >= 15 is 0 Å². The van der Waals surface area contributed by atoms with Crippen molar-refractivity contribution in [1.82, 2.24) is 5.16 Å². The number of nitrogens with zero attached hydrogens (tertiary/aromatic N) is 1. The Morgan fingerprint density at radius 3 is 3.00 bits per heavy atom. The van der Waals surface area contributed by atoms with Crippen molar-refractivity contribution in [2.24, 2.45) is 0 Å². The maximum atomic E-state index is 5.58. The van der Waals surface area contributed by atoms with Crippen LogP contribution in [-0.4, -0.2) is 5.16 Å². The number of rotatable bonds is 1. The minimum atomic E-state index is 0.436. The quantitative estimate of drug-likeness (QED) is 0.814. The van der Waals surface area contributed by atoms with Crippen LogP contribution in [0.5, 0.6) is 0 Å². The summed E-state index contributed by atoms with van der Waals surface area (Å²) >= 11 is 0. The van der Waals surface area contributed by atoms with Crippen molar-refractivity contribution >= 4 is 5.82 Å². The molecule has 0 amide bonds. The normalized spacial score (nSPS) is 19.0. The second-order valence-corrected chi connectivity index (χ2v) is 4.82. The summed E-state index contributed by atoms with van der Waals surface area (Å²) < 4.78 is 5.20. The zero-order valence-corrected chi connectivity index (χ0v) is 9.94. The first kappa shape index (κ1) is 10.4. The molecule has 3 rings (SSSR count). The molecule has 0 saturated carbocycles. The highest BCUT2D eigenvalue weighted by molar-refractivity contribution is 5.62. The minimum Gasteiger partial charge on any atom is -0.381 e. The van der Waals surface area contributed by atoms with E-state index in [0.717, 1.165) is 11.3 Å². The monoisotopic (exact) mass is 228 g/mol. The predicted octanol–water partition coefficient (Wildman–Crippen LogP) is 3.36. The average Bonchev–Trinajstić information content (AvgIpc) is 2.76. The third-order valence-corrected chi connectivity index (χ3v) is 3.57. The van der Waals surface area contributed by atoms with Gasteiger partial charge in [-0.05, 0) is 42.4 Å². The van der Waals surface area contributed by atoms with E-state index in [1.807, 2.05) is 0 Å². The number of nitrogens with two attached hydrogens (primary N) is 1. The Labute approximate surface area is 101 Å². The summed E-state index contributed by atoms with van der Waals surface area (Å²) in [5, 5.41) is 3.73. The maximum Gasteiger partial charge on any atom is 0.169 e. The first-order chi connectivity index (χ1) is 8.24. The number of aromatic nitrogens is 1. The number of aryl methyl sites for hydroxylation is 1. The molecule has 2 N–H and O–H groups in total. The Bertz CT molecular complexity index is 545. The lowest BCUT2D eigenvalue weighted by Gasteiger charge is -2.22. The summed E-state index contributed by atoms with van der Waals surface area (Å²) in [6.45, 7) is 2.29. The zero-order chi connectivity index (χ0) is 11.8.